The first-order valence-corrected chi connectivity index (χ1v) is 5.17. The van der Waals surface area contributed by atoms with Crippen molar-refractivity contribution >= 4 is 19.1 Å². The van der Waals surface area contributed by atoms with Crippen molar-refractivity contribution in [3.8, 4) is 0 Å². The fraction of sp³-hybridized carbons (Fsp3) is 0.889. The first kappa shape index (κ1) is 14.7. The molecule has 0 saturated heterocycles. The Labute approximate surface area is 96.6 Å². The van der Waals surface area contributed by atoms with E-state index in [1.54, 1.807) is 20.1 Å². The van der Waals surface area contributed by atoms with E-state index in [1.807, 2.05) is 0 Å². The molecule has 90 valence electrons. The molecular formula is C9H20N2O3S. The van der Waals surface area contributed by atoms with Gasteiger partial charge in [-0.2, -0.15) is 0 Å². The number of thiol groups is 1. The van der Waals surface area contributed by atoms with Crippen LogP contribution in [-0.4, -0.2) is 31.8 Å². The second kappa shape index (κ2) is 7.92. The quantitative estimate of drug-likeness (QED) is 0.219. The van der Waals surface area contributed by atoms with Gasteiger partial charge in [-0.3, -0.25) is 4.18 Å². The molecule has 0 radical (unpaired) electrons. The van der Waals surface area contributed by atoms with Crippen LogP contribution in [0.2, 0.25) is 0 Å². The highest BCUT2D eigenvalue weighted by atomic mass is 32.1. The molecule has 0 spiro atoms. The lowest BCUT2D eigenvalue weighted by Crippen LogP contribution is -2.32. The van der Waals surface area contributed by atoms with E-state index < -0.39 is 5.79 Å². The molecule has 0 rings (SSSR count). The Morgan fingerprint density at radius 1 is 1.53 bits per heavy atom. The van der Waals surface area contributed by atoms with Crippen molar-refractivity contribution in [2.75, 3.05) is 13.7 Å². The Hall–Kier alpha value is -0.300. The fourth-order valence-corrected chi connectivity index (χ4v) is 1.11. The van der Waals surface area contributed by atoms with Crippen molar-refractivity contribution in [1.82, 2.24) is 0 Å². The number of ether oxygens (including phenoxy) is 1. The molecule has 0 aliphatic heterocycles. The molecule has 6 heteroatoms. The van der Waals surface area contributed by atoms with E-state index in [9.17, 15) is 0 Å². The Morgan fingerprint density at radius 2 is 2.20 bits per heavy atom. The molecule has 0 aromatic heterocycles. The summed E-state index contributed by atoms with van der Waals surface area (Å²) in [7, 11) is 1.50. The smallest absolute Gasteiger partial charge is 0.175 e. The number of nitrogens with zero attached hydrogens (tertiary/aromatic N) is 1. The van der Waals surface area contributed by atoms with E-state index in [1.165, 1.54) is 7.11 Å². The Bertz CT molecular complexity index is 188. The maximum atomic E-state index is 5.65. The standard InChI is InChI=1S/C9H20N2O3S/c1-9(2,14-15)13-8(4-6-10)5-7-11-12-3/h7-8,15H,4-6,10H2,1-3H3/b11-7-. The average Bonchev–Trinajstić information content (AvgIpc) is 2.18. The molecule has 1 atom stereocenters. The van der Waals surface area contributed by atoms with Gasteiger partial charge in [-0.1, -0.05) is 5.16 Å². The lowest BCUT2D eigenvalue weighted by atomic mass is 10.2. The second-order valence-electron chi connectivity index (χ2n) is 3.51. The molecule has 0 aromatic rings. The van der Waals surface area contributed by atoms with Crippen molar-refractivity contribution in [2.24, 2.45) is 10.9 Å². The number of oxime groups is 1. The van der Waals surface area contributed by atoms with E-state index in [-0.39, 0.29) is 6.10 Å². The van der Waals surface area contributed by atoms with Crippen molar-refractivity contribution in [3.63, 3.8) is 0 Å². The maximum Gasteiger partial charge on any atom is 0.175 e. The molecule has 0 fully saturated rings. The minimum Gasteiger partial charge on any atom is -0.399 e. The van der Waals surface area contributed by atoms with Crippen LogP contribution in [0.25, 0.3) is 0 Å². The van der Waals surface area contributed by atoms with Gasteiger partial charge in [0.15, 0.2) is 5.79 Å². The number of hydrogen-bond acceptors (Lipinski definition) is 6. The van der Waals surface area contributed by atoms with Crippen LogP contribution in [0.1, 0.15) is 26.7 Å². The van der Waals surface area contributed by atoms with Gasteiger partial charge in [0.05, 0.1) is 6.10 Å². The van der Waals surface area contributed by atoms with Crippen LogP contribution in [0.4, 0.5) is 0 Å². The zero-order chi connectivity index (χ0) is 11.7. The molecule has 2 N–H and O–H groups in total. The summed E-state index contributed by atoms with van der Waals surface area (Å²) < 4.78 is 10.5. The maximum absolute atomic E-state index is 5.65. The van der Waals surface area contributed by atoms with Gasteiger partial charge in [-0.25, -0.2) is 0 Å². The number of rotatable bonds is 8. The summed E-state index contributed by atoms with van der Waals surface area (Å²) in [6.45, 7) is 4.13. The zero-order valence-corrected chi connectivity index (χ0v) is 10.4. The van der Waals surface area contributed by atoms with Crippen LogP contribution in [0.15, 0.2) is 5.16 Å². The highest BCUT2D eigenvalue weighted by Gasteiger charge is 2.22. The van der Waals surface area contributed by atoms with Gasteiger partial charge in [0.1, 0.15) is 7.11 Å². The van der Waals surface area contributed by atoms with Gasteiger partial charge in [-0.15, -0.1) is 0 Å². The molecule has 5 nitrogen and oxygen atoms in total. The molecule has 0 bridgehead atoms. The summed E-state index contributed by atoms with van der Waals surface area (Å²) in [4.78, 5) is 4.56. The molecular weight excluding hydrogens is 216 g/mol. The van der Waals surface area contributed by atoms with Gasteiger partial charge in [0.25, 0.3) is 0 Å². The van der Waals surface area contributed by atoms with Crippen LogP contribution < -0.4 is 5.73 Å². The van der Waals surface area contributed by atoms with Crippen LogP contribution in [0.5, 0.6) is 0 Å². The summed E-state index contributed by atoms with van der Waals surface area (Å²) >= 11 is 3.74. The highest BCUT2D eigenvalue weighted by molar-refractivity contribution is 7.75. The van der Waals surface area contributed by atoms with Gasteiger partial charge in [0, 0.05) is 12.6 Å². The molecule has 1 unspecified atom stereocenters. The second-order valence-corrected chi connectivity index (χ2v) is 3.70. The third-order valence-electron chi connectivity index (χ3n) is 1.71. The molecule has 0 aliphatic rings. The van der Waals surface area contributed by atoms with Crippen LogP contribution in [0.3, 0.4) is 0 Å². The van der Waals surface area contributed by atoms with Crippen molar-refractivity contribution in [1.29, 1.82) is 0 Å². The molecule has 0 heterocycles. The van der Waals surface area contributed by atoms with Gasteiger partial charge in [0.2, 0.25) is 0 Å². The molecule has 15 heavy (non-hydrogen) atoms. The molecule has 0 amide bonds. The topological polar surface area (TPSA) is 66.1 Å². The van der Waals surface area contributed by atoms with Crippen LogP contribution in [-0.2, 0) is 13.8 Å². The predicted octanol–water partition coefficient (Wildman–Crippen LogP) is 1.34. The third-order valence-corrected chi connectivity index (χ3v) is 2.15. The van der Waals surface area contributed by atoms with Crippen molar-refractivity contribution in [2.45, 2.75) is 38.6 Å². The normalized spacial score (nSPS) is 14.5. The van der Waals surface area contributed by atoms with Crippen molar-refractivity contribution < 1.29 is 13.8 Å². The lowest BCUT2D eigenvalue weighted by molar-refractivity contribution is -0.177. The van der Waals surface area contributed by atoms with Gasteiger partial charge < -0.3 is 15.3 Å². The molecule has 0 aliphatic carbocycles. The Kier molecular flexibility index (Phi) is 7.76. The Morgan fingerprint density at radius 3 is 2.67 bits per heavy atom. The predicted molar refractivity (Wildman–Crippen MR) is 62.8 cm³/mol. The molecule has 0 saturated carbocycles. The lowest BCUT2D eigenvalue weighted by Gasteiger charge is -2.27. The summed E-state index contributed by atoms with van der Waals surface area (Å²) in [6.07, 6.45) is 2.97. The first-order valence-electron chi connectivity index (χ1n) is 4.81. The first-order chi connectivity index (χ1) is 7.05. The Balaban J connectivity index is 4.08. The SMILES string of the molecule is CO/N=C\CC(CCN)OC(C)(C)OS. The summed E-state index contributed by atoms with van der Waals surface area (Å²) in [6, 6.07) is 0. The van der Waals surface area contributed by atoms with Gasteiger partial charge >= 0.3 is 0 Å². The summed E-state index contributed by atoms with van der Waals surface area (Å²) in [5, 5.41) is 3.64. The largest absolute Gasteiger partial charge is 0.399 e. The summed E-state index contributed by atoms with van der Waals surface area (Å²) in [5.41, 5.74) is 5.48. The van der Waals surface area contributed by atoms with E-state index in [4.69, 9.17) is 14.7 Å². The minimum absolute atomic E-state index is 0.0453. The highest BCUT2D eigenvalue weighted by Crippen LogP contribution is 2.18. The van der Waals surface area contributed by atoms with Crippen molar-refractivity contribution in [3.05, 3.63) is 0 Å². The fourth-order valence-electron chi connectivity index (χ4n) is 1.07. The minimum atomic E-state index is -0.732. The van der Waals surface area contributed by atoms with E-state index in [0.29, 0.717) is 13.0 Å². The monoisotopic (exact) mass is 236 g/mol. The van der Waals surface area contributed by atoms with Crippen LogP contribution >= 0.6 is 12.9 Å². The van der Waals surface area contributed by atoms with Gasteiger partial charge in [-0.05, 0) is 39.7 Å². The number of hydrogen-bond donors (Lipinski definition) is 2. The van der Waals surface area contributed by atoms with E-state index >= 15 is 0 Å². The summed E-state index contributed by atoms with van der Waals surface area (Å²) in [5.74, 6) is -0.732. The average molecular weight is 236 g/mol. The molecule has 0 aromatic carbocycles. The number of nitrogens with two attached hydrogens (primary N) is 1. The third kappa shape index (κ3) is 7.61. The van der Waals surface area contributed by atoms with Crippen LogP contribution in [0, 0.1) is 0 Å². The van der Waals surface area contributed by atoms with E-state index in [2.05, 4.69) is 22.9 Å². The zero-order valence-electron chi connectivity index (χ0n) is 9.47. The van der Waals surface area contributed by atoms with E-state index in [0.717, 1.165) is 6.42 Å².